The molecule has 3 aromatic carbocycles. The van der Waals surface area contributed by atoms with Gasteiger partial charge in [-0.05, 0) is 36.2 Å². The summed E-state index contributed by atoms with van der Waals surface area (Å²) in [7, 11) is 0. The fourth-order valence-electron chi connectivity index (χ4n) is 2.75. The summed E-state index contributed by atoms with van der Waals surface area (Å²) in [6.07, 6.45) is 0. The van der Waals surface area contributed by atoms with Crippen molar-refractivity contribution in [2.45, 2.75) is 6.92 Å². The Bertz CT molecular complexity index is 865. The summed E-state index contributed by atoms with van der Waals surface area (Å²) in [5, 5.41) is 1.63. The molecule has 0 saturated heterocycles. The highest BCUT2D eigenvalue weighted by atomic mass is 16.6. The van der Waals surface area contributed by atoms with E-state index in [9.17, 15) is 0 Å². The first-order valence-corrected chi connectivity index (χ1v) is 6.96. The summed E-state index contributed by atoms with van der Waals surface area (Å²) >= 11 is 0. The van der Waals surface area contributed by atoms with E-state index in [0.717, 1.165) is 27.5 Å². The molecule has 6 heteroatoms. The van der Waals surface area contributed by atoms with Crippen LogP contribution in [0.4, 0.5) is 0 Å². The van der Waals surface area contributed by atoms with Crippen LogP contribution in [0.5, 0.6) is 17.2 Å². The van der Waals surface area contributed by atoms with Gasteiger partial charge in [0.2, 0.25) is 0 Å². The van der Waals surface area contributed by atoms with Crippen molar-refractivity contribution in [3.05, 3.63) is 54.1 Å². The van der Waals surface area contributed by atoms with E-state index >= 15 is 0 Å². The van der Waals surface area contributed by atoms with Crippen LogP contribution in [-0.2, 0) is 0 Å². The molecule has 0 spiro atoms. The Balaban J connectivity index is 2.33. The van der Waals surface area contributed by atoms with E-state index in [-0.39, 0.29) is 0 Å². The number of aryl methyl sites for hydroxylation is 1. The Kier molecular flexibility index (Phi) is 4.03. The van der Waals surface area contributed by atoms with Crippen LogP contribution in [0.15, 0.2) is 48.5 Å². The summed E-state index contributed by atoms with van der Waals surface area (Å²) in [6.45, 7) is 1.94. The second kappa shape index (κ2) is 6.13. The van der Waals surface area contributed by atoms with E-state index in [1.807, 2.05) is 43.3 Å². The fraction of sp³-hybridized carbons (Fsp3) is 0.0588. The van der Waals surface area contributed by atoms with Crippen LogP contribution >= 0.6 is 0 Å². The minimum absolute atomic E-state index is 0.537. The van der Waals surface area contributed by atoms with E-state index in [2.05, 4.69) is 0 Å². The van der Waals surface area contributed by atoms with Gasteiger partial charge in [-0.15, -0.1) is 0 Å². The molecule has 3 rings (SSSR count). The van der Waals surface area contributed by atoms with E-state index in [1.165, 1.54) is 0 Å². The Hall–Kier alpha value is -2.80. The molecule has 0 amide bonds. The van der Waals surface area contributed by atoms with Gasteiger partial charge in [-0.3, -0.25) is 0 Å². The molecule has 0 aromatic heterocycles. The zero-order valence-electron chi connectivity index (χ0n) is 12.6. The number of benzene rings is 3. The molecule has 0 aliphatic rings. The van der Waals surface area contributed by atoms with Crippen molar-refractivity contribution in [3.8, 4) is 28.4 Å². The number of fused-ring (bicyclic) bond motifs is 1. The monoisotopic (exact) mass is 311 g/mol. The average molecular weight is 311 g/mol. The lowest BCUT2D eigenvalue weighted by atomic mass is 9.95. The number of rotatable bonds is 4. The molecular formula is C17H17N3O3. The summed E-state index contributed by atoms with van der Waals surface area (Å²) in [6, 6.07) is 14.9. The maximum absolute atomic E-state index is 5.53. The quantitative estimate of drug-likeness (QED) is 0.639. The van der Waals surface area contributed by atoms with Crippen LogP contribution < -0.4 is 32.2 Å². The smallest absolute Gasteiger partial charge is 0.162 e. The van der Waals surface area contributed by atoms with E-state index in [1.54, 1.807) is 12.1 Å². The first-order valence-electron chi connectivity index (χ1n) is 6.96. The second-order valence-corrected chi connectivity index (χ2v) is 5.13. The van der Waals surface area contributed by atoms with Crippen molar-refractivity contribution in [2.24, 2.45) is 17.7 Å². The highest BCUT2D eigenvalue weighted by Crippen LogP contribution is 2.42. The molecule has 6 N–H and O–H groups in total. The predicted octanol–water partition coefficient (Wildman–Crippen LogP) is 2.57. The summed E-state index contributed by atoms with van der Waals surface area (Å²) in [5.41, 5.74) is 2.63. The van der Waals surface area contributed by atoms with Crippen LogP contribution in [0.25, 0.3) is 21.9 Å². The highest BCUT2D eigenvalue weighted by molar-refractivity contribution is 5.99. The zero-order valence-corrected chi connectivity index (χ0v) is 12.6. The van der Waals surface area contributed by atoms with Gasteiger partial charge in [-0.1, -0.05) is 30.3 Å². The molecule has 6 nitrogen and oxygen atoms in total. The lowest BCUT2D eigenvalue weighted by Crippen LogP contribution is -2.07. The number of nitrogens with two attached hydrogens (primary N) is 3. The van der Waals surface area contributed by atoms with Crippen molar-refractivity contribution in [3.63, 3.8) is 0 Å². The van der Waals surface area contributed by atoms with Crippen LogP contribution in [0, 0.1) is 6.92 Å². The number of hydrogen-bond acceptors (Lipinski definition) is 6. The van der Waals surface area contributed by atoms with Crippen LogP contribution in [0.2, 0.25) is 0 Å². The Morgan fingerprint density at radius 3 is 2.09 bits per heavy atom. The maximum atomic E-state index is 5.53. The lowest BCUT2D eigenvalue weighted by Gasteiger charge is -2.16. The second-order valence-electron chi connectivity index (χ2n) is 5.13. The average Bonchev–Trinajstić information content (AvgIpc) is 2.60. The SMILES string of the molecule is Cc1cc(ON)ccc1-c1cc(ON)c2ccccc2c1ON. The third-order valence-corrected chi connectivity index (χ3v) is 3.83. The molecule has 0 saturated carbocycles. The molecule has 0 aliphatic carbocycles. The molecule has 0 unspecified atom stereocenters. The maximum Gasteiger partial charge on any atom is 0.162 e. The third kappa shape index (κ3) is 2.55. The third-order valence-electron chi connectivity index (χ3n) is 3.83. The molecule has 3 aromatic rings. The van der Waals surface area contributed by atoms with Crippen LogP contribution in [0.1, 0.15) is 5.56 Å². The van der Waals surface area contributed by atoms with Crippen LogP contribution in [-0.4, -0.2) is 0 Å². The van der Waals surface area contributed by atoms with Gasteiger partial charge in [-0.2, -0.15) is 17.7 Å². The summed E-state index contributed by atoms with van der Waals surface area (Å²) < 4.78 is 0. The standard InChI is InChI=1S/C17H17N3O3/c1-10-8-11(21-18)6-7-12(10)15-9-16(22-19)13-4-2-3-5-14(13)17(15)23-20/h2-9H,18-20H2,1H3. The largest absolute Gasteiger partial charge is 0.412 e. The molecule has 0 bridgehead atoms. The van der Waals surface area contributed by atoms with Gasteiger partial charge in [-0.25, -0.2) is 0 Å². The molecule has 23 heavy (non-hydrogen) atoms. The minimum Gasteiger partial charge on any atom is -0.412 e. The molecule has 0 fully saturated rings. The van der Waals surface area contributed by atoms with Gasteiger partial charge in [0.15, 0.2) is 11.5 Å². The van der Waals surface area contributed by atoms with Gasteiger partial charge < -0.3 is 14.5 Å². The van der Waals surface area contributed by atoms with E-state index in [4.69, 9.17) is 32.2 Å². The van der Waals surface area contributed by atoms with Gasteiger partial charge in [0.1, 0.15) is 5.75 Å². The minimum atomic E-state index is 0.537. The Morgan fingerprint density at radius 1 is 0.739 bits per heavy atom. The van der Waals surface area contributed by atoms with Crippen LogP contribution in [0.3, 0.4) is 0 Å². The molecule has 0 aliphatic heterocycles. The Morgan fingerprint density at radius 2 is 1.48 bits per heavy atom. The predicted molar refractivity (Wildman–Crippen MR) is 88.6 cm³/mol. The summed E-state index contributed by atoms with van der Waals surface area (Å²) in [4.78, 5) is 15.0. The highest BCUT2D eigenvalue weighted by Gasteiger charge is 2.17. The van der Waals surface area contributed by atoms with Gasteiger partial charge in [0.05, 0.1) is 0 Å². The Labute approximate surface area is 133 Å². The molecule has 0 radical (unpaired) electrons. The molecule has 0 heterocycles. The zero-order chi connectivity index (χ0) is 16.4. The van der Waals surface area contributed by atoms with Gasteiger partial charge in [0.25, 0.3) is 0 Å². The number of hydrogen-bond donors (Lipinski definition) is 3. The van der Waals surface area contributed by atoms with Crippen molar-refractivity contribution in [1.82, 2.24) is 0 Å². The van der Waals surface area contributed by atoms with E-state index in [0.29, 0.717) is 17.2 Å². The topological polar surface area (TPSA) is 106 Å². The summed E-state index contributed by atoms with van der Waals surface area (Å²) in [5.74, 6) is 17.8. The molecular weight excluding hydrogens is 294 g/mol. The first kappa shape index (κ1) is 15.1. The van der Waals surface area contributed by atoms with Crippen molar-refractivity contribution >= 4 is 10.8 Å². The molecule has 0 atom stereocenters. The van der Waals surface area contributed by atoms with Crippen molar-refractivity contribution in [1.29, 1.82) is 0 Å². The fourth-order valence-corrected chi connectivity index (χ4v) is 2.75. The van der Waals surface area contributed by atoms with E-state index < -0.39 is 0 Å². The lowest BCUT2D eigenvalue weighted by molar-refractivity contribution is 0.332. The van der Waals surface area contributed by atoms with Gasteiger partial charge >= 0.3 is 0 Å². The van der Waals surface area contributed by atoms with Crippen molar-refractivity contribution < 1.29 is 14.5 Å². The van der Waals surface area contributed by atoms with Crippen molar-refractivity contribution in [2.75, 3.05) is 0 Å². The first-order chi connectivity index (χ1) is 11.2. The van der Waals surface area contributed by atoms with Gasteiger partial charge in [0, 0.05) is 16.3 Å². The molecule has 118 valence electrons. The normalized spacial score (nSPS) is 10.6.